The highest BCUT2D eigenvalue weighted by Gasteiger charge is 2.16. The van der Waals surface area contributed by atoms with E-state index in [0.717, 1.165) is 32.4 Å². The minimum Gasteiger partial charge on any atom is -0.486 e. The fraction of sp³-hybridized carbons (Fsp3) is 0.588. The number of aliphatic imine (C=N–C) groups is 1. The van der Waals surface area contributed by atoms with Crippen LogP contribution in [0, 0.1) is 5.82 Å². The minimum atomic E-state index is -0.341. The fourth-order valence-corrected chi connectivity index (χ4v) is 2.44. The van der Waals surface area contributed by atoms with E-state index < -0.39 is 0 Å². The Kier molecular flexibility index (Phi) is 10.0. The van der Waals surface area contributed by atoms with Crippen LogP contribution in [0.4, 0.5) is 4.39 Å². The third-order valence-electron chi connectivity index (χ3n) is 3.83. The van der Waals surface area contributed by atoms with Gasteiger partial charge >= 0.3 is 0 Å². The lowest BCUT2D eigenvalue weighted by Crippen LogP contribution is -2.44. The molecule has 1 aliphatic heterocycles. The molecule has 1 fully saturated rings. The summed E-state index contributed by atoms with van der Waals surface area (Å²) in [4.78, 5) is 4.19. The molecule has 0 spiro atoms. The normalized spacial score (nSPS) is 18.6. The van der Waals surface area contributed by atoms with Gasteiger partial charge in [-0.2, -0.15) is 0 Å². The second-order valence-electron chi connectivity index (χ2n) is 5.55. The zero-order valence-electron chi connectivity index (χ0n) is 14.3. The van der Waals surface area contributed by atoms with Crippen LogP contribution in [-0.4, -0.2) is 44.9 Å². The smallest absolute Gasteiger partial charge is 0.191 e. The van der Waals surface area contributed by atoms with E-state index in [-0.39, 0.29) is 47.8 Å². The van der Waals surface area contributed by atoms with Crippen molar-refractivity contribution in [3.63, 3.8) is 0 Å². The molecule has 0 aliphatic carbocycles. The molecule has 1 heterocycles. The van der Waals surface area contributed by atoms with Crippen molar-refractivity contribution in [1.82, 2.24) is 10.6 Å². The van der Waals surface area contributed by atoms with Gasteiger partial charge in [-0.25, -0.2) is 4.39 Å². The number of nitrogens with zero attached hydrogens (tertiary/aromatic N) is 1. The fourth-order valence-electron chi connectivity index (χ4n) is 2.44. The molecule has 0 aromatic heterocycles. The van der Waals surface area contributed by atoms with E-state index in [0.29, 0.717) is 12.5 Å². The largest absolute Gasteiger partial charge is 0.486 e. The van der Waals surface area contributed by atoms with E-state index in [9.17, 15) is 4.39 Å². The molecule has 1 aromatic rings. The SMILES string of the molecule is CCC(CNC(=NC)NCC1CCCO1)Oc1ccccc1F.I. The van der Waals surface area contributed by atoms with Gasteiger partial charge in [0.2, 0.25) is 0 Å². The molecule has 0 saturated carbocycles. The number of hydrogen-bond donors (Lipinski definition) is 2. The first-order valence-corrected chi connectivity index (χ1v) is 8.20. The van der Waals surface area contributed by atoms with E-state index >= 15 is 0 Å². The highest BCUT2D eigenvalue weighted by molar-refractivity contribution is 14.0. The molecule has 1 saturated heterocycles. The van der Waals surface area contributed by atoms with E-state index in [1.54, 1.807) is 25.2 Å². The lowest BCUT2D eigenvalue weighted by atomic mass is 10.2. The van der Waals surface area contributed by atoms with Gasteiger partial charge in [0.05, 0.1) is 12.6 Å². The highest BCUT2D eigenvalue weighted by atomic mass is 127. The second kappa shape index (κ2) is 11.5. The van der Waals surface area contributed by atoms with Crippen LogP contribution in [0.1, 0.15) is 26.2 Å². The average molecular weight is 451 g/mol. The molecule has 1 aromatic carbocycles. The first-order valence-electron chi connectivity index (χ1n) is 8.20. The van der Waals surface area contributed by atoms with Crippen LogP contribution in [0.3, 0.4) is 0 Å². The summed E-state index contributed by atoms with van der Waals surface area (Å²) in [6.07, 6.45) is 3.09. The van der Waals surface area contributed by atoms with Gasteiger partial charge < -0.3 is 20.1 Å². The van der Waals surface area contributed by atoms with Crippen LogP contribution in [0.5, 0.6) is 5.75 Å². The van der Waals surface area contributed by atoms with Crippen molar-refractivity contribution in [2.45, 2.75) is 38.4 Å². The molecule has 2 atom stereocenters. The summed E-state index contributed by atoms with van der Waals surface area (Å²) in [5.41, 5.74) is 0. The summed E-state index contributed by atoms with van der Waals surface area (Å²) < 4.78 is 24.9. The maximum atomic E-state index is 13.6. The monoisotopic (exact) mass is 451 g/mol. The van der Waals surface area contributed by atoms with Gasteiger partial charge in [-0.1, -0.05) is 19.1 Å². The molecule has 1 aliphatic rings. The van der Waals surface area contributed by atoms with E-state index in [1.165, 1.54) is 6.07 Å². The molecule has 2 rings (SSSR count). The van der Waals surface area contributed by atoms with Gasteiger partial charge in [0.1, 0.15) is 6.10 Å². The van der Waals surface area contributed by atoms with E-state index in [1.807, 2.05) is 6.92 Å². The summed E-state index contributed by atoms with van der Waals surface area (Å²) in [5.74, 6) is 0.645. The number of nitrogens with one attached hydrogen (secondary N) is 2. The molecule has 2 unspecified atom stereocenters. The maximum absolute atomic E-state index is 13.6. The third-order valence-corrected chi connectivity index (χ3v) is 3.83. The summed E-state index contributed by atoms with van der Waals surface area (Å²) in [5, 5.41) is 6.47. The number of para-hydroxylation sites is 1. The third kappa shape index (κ3) is 6.80. The molecule has 5 nitrogen and oxygen atoms in total. The van der Waals surface area contributed by atoms with Gasteiger partial charge in [-0.3, -0.25) is 4.99 Å². The quantitative estimate of drug-likeness (QED) is 0.381. The van der Waals surface area contributed by atoms with Crippen LogP contribution in [0.2, 0.25) is 0 Å². The first kappa shape index (κ1) is 21.0. The van der Waals surface area contributed by atoms with Gasteiger partial charge in [-0.15, -0.1) is 24.0 Å². The number of hydrogen-bond acceptors (Lipinski definition) is 3. The molecule has 136 valence electrons. The molecule has 0 radical (unpaired) electrons. The number of guanidine groups is 1. The number of ether oxygens (including phenoxy) is 2. The number of halogens is 2. The topological polar surface area (TPSA) is 54.9 Å². The van der Waals surface area contributed by atoms with E-state index in [4.69, 9.17) is 9.47 Å². The van der Waals surface area contributed by atoms with E-state index in [2.05, 4.69) is 15.6 Å². The number of benzene rings is 1. The maximum Gasteiger partial charge on any atom is 0.191 e. The van der Waals surface area contributed by atoms with Crippen molar-refractivity contribution in [1.29, 1.82) is 0 Å². The Labute approximate surface area is 160 Å². The average Bonchev–Trinajstić information content (AvgIpc) is 3.09. The zero-order chi connectivity index (χ0) is 16.5. The van der Waals surface area contributed by atoms with Crippen molar-refractivity contribution in [2.24, 2.45) is 4.99 Å². The van der Waals surface area contributed by atoms with Crippen LogP contribution in [-0.2, 0) is 4.74 Å². The summed E-state index contributed by atoms with van der Waals surface area (Å²) in [6.45, 7) is 4.14. The van der Waals surface area contributed by atoms with Gasteiger partial charge in [-0.05, 0) is 31.4 Å². The van der Waals surface area contributed by atoms with Gasteiger partial charge in [0.25, 0.3) is 0 Å². The van der Waals surface area contributed by atoms with Gasteiger partial charge in [0, 0.05) is 20.2 Å². The Morgan fingerprint density at radius 1 is 1.42 bits per heavy atom. The Hall–Kier alpha value is -1.09. The molecule has 0 amide bonds. The van der Waals surface area contributed by atoms with Crippen molar-refractivity contribution in [2.75, 3.05) is 26.7 Å². The summed E-state index contributed by atoms with van der Waals surface area (Å²) >= 11 is 0. The standard InChI is InChI=1S/C17H26FN3O2.HI/c1-3-13(23-16-9-5-4-8-15(16)18)11-20-17(19-2)21-12-14-7-6-10-22-14;/h4-5,8-9,13-14H,3,6-7,10-12H2,1-2H3,(H2,19,20,21);1H. The predicted octanol–water partition coefficient (Wildman–Crippen LogP) is 2.95. The van der Waals surface area contributed by atoms with Crippen LogP contribution < -0.4 is 15.4 Å². The molecule has 0 bridgehead atoms. The van der Waals surface area contributed by atoms with Crippen molar-refractivity contribution < 1.29 is 13.9 Å². The Morgan fingerprint density at radius 2 is 2.21 bits per heavy atom. The summed E-state index contributed by atoms with van der Waals surface area (Å²) in [7, 11) is 1.73. The lowest BCUT2D eigenvalue weighted by Gasteiger charge is -2.21. The Balaban J connectivity index is 0.00000288. The minimum absolute atomic E-state index is 0. The van der Waals surface area contributed by atoms with Crippen molar-refractivity contribution in [3.8, 4) is 5.75 Å². The molecule has 7 heteroatoms. The highest BCUT2D eigenvalue weighted by Crippen LogP contribution is 2.17. The lowest BCUT2D eigenvalue weighted by molar-refractivity contribution is 0.113. The zero-order valence-corrected chi connectivity index (χ0v) is 16.6. The first-order chi connectivity index (χ1) is 11.2. The molecule has 2 N–H and O–H groups in total. The second-order valence-corrected chi connectivity index (χ2v) is 5.55. The van der Waals surface area contributed by atoms with Crippen molar-refractivity contribution >= 4 is 29.9 Å². The molecule has 24 heavy (non-hydrogen) atoms. The van der Waals surface area contributed by atoms with Crippen LogP contribution >= 0.6 is 24.0 Å². The van der Waals surface area contributed by atoms with Crippen LogP contribution in [0.15, 0.2) is 29.3 Å². The summed E-state index contributed by atoms with van der Waals surface area (Å²) in [6, 6.07) is 6.46. The van der Waals surface area contributed by atoms with Crippen molar-refractivity contribution in [3.05, 3.63) is 30.1 Å². The Morgan fingerprint density at radius 3 is 2.83 bits per heavy atom. The number of rotatable bonds is 7. The van der Waals surface area contributed by atoms with Gasteiger partial charge in [0.15, 0.2) is 17.5 Å². The molecular weight excluding hydrogens is 424 g/mol. The Bertz CT molecular complexity index is 510. The predicted molar refractivity (Wildman–Crippen MR) is 105 cm³/mol. The molecular formula is C17H27FIN3O2. The van der Waals surface area contributed by atoms with Crippen LogP contribution in [0.25, 0.3) is 0 Å².